The number of ketones is 1. The minimum atomic E-state index is -0.571. The molecule has 31 heavy (non-hydrogen) atoms. The van der Waals surface area contributed by atoms with Crippen LogP contribution in [-0.2, 0) is 14.4 Å². The molecule has 2 aliphatic rings. The fourth-order valence-corrected chi connectivity index (χ4v) is 4.53. The van der Waals surface area contributed by atoms with Gasteiger partial charge in [-0.15, -0.1) is 0 Å². The molecule has 4 rings (SSSR count). The van der Waals surface area contributed by atoms with Gasteiger partial charge in [-0.2, -0.15) is 0 Å². The zero-order chi connectivity index (χ0) is 22.3. The lowest BCUT2D eigenvalue weighted by molar-refractivity contribution is -0.132. The van der Waals surface area contributed by atoms with E-state index in [0.717, 1.165) is 22.6 Å². The van der Waals surface area contributed by atoms with E-state index in [1.165, 1.54) is 13.8 Å². The monoisotopic (exact) mass is 418 g/mol. The van der Waals surface area contributed by atoms with E-state index >= 15 is 0 Å². The van der Waals surface area contributed by atoms with Crippen molar-refractivity contribution in [1.82, 2.24) is 0 Å². The van der Waals surface area contributed by atoms with Crippen LogP contribution in [0.15, 0.2) is 59.8 Å². The molecular weight excluding hydrogens is 392 g/mol. The molecular formula is C25H26N2O4. The molecule has 6 heteroatoms. The van der Waals surface area contributed by atoms with Crippen molar-refractivity contribution >= 4 is 29.0 Å². The summed E-state index contributed by atoms with van der Waals surface area (Å²) in [4.78, 5) is 39.3. The number of anilines is 2. The standard InChI is InChI=1S/C25H26N2O4/c1-15(28)27-21-8-6-5-7-19(21)26-20-13-25(3,4)14-22(30)23(20)24(27)17-9-11-18(12-10-17)31-16(2)29/h5-12,24,26H,13-14H2,1-4H3/t24-/m0/s1. The molecule has 160 valence electrons. The Balaban J connectivity index is 1.92. The smallest absolute Gasteiger partial charge is 0.308 e. The summed E-state index contributed by atoms with van der Waals surface area (Å²) in [5, 5.41) is 3.47. The summed E-state index contributed by atoms with van der Waals surface area (Å²) in [6, 6.07) is 14.0. The molecule has 0 aromatic heterocycles. The first-order chi connectivity index (χ1) is 14.7. The molecule has 1 heterocycles. The zero-order valence-corrected chi connectivity index (χ0v) is 18.2. The lowest BCUT2D eigenvalue weighted by Crippen LogP contribution is -2.38. The highest BCUT2D eigenvalue weighted by molar-refractivity contribution is 6.05. The maximum Gasteiger partial charge on any atom is 0.308 e. The third-order valence-corrected chi connectivity index (χ3v) is 5.70. The lowest BCUT2D eigenvalue weighted by Gasteiger charge is -2.36. The summed E-state index contributed by atoms with van der Waals surface area (Å²) in [6.07, 6.45) is 1.12. The molecule has 2 aromatic rings. The minimum Gasteiger partial charge on any atom is -0.427 e. The van der Waals surface area contributed by atoms with Gasteiger partial charge in [0.15, 0.2) is 5.78 Å². The van der Waals surface area contributed by atoms with Crippen LogP contribution in [0.3, 0.4) is 0 Å². The van der Waals surface area contributed by atoms with Gasteiger partial charge >= 0.3 is 5.97 Å². The van der Waals surface area contributed by atoms with Crippen molar-refractivity contribution in [1.29, 1.82) is 0 Å². The molecule has 1 atom stereocenters. The second-order valence-corrected chi connectivity index (χ2v) is 8.93. The molecule has 1 aliphatic carbocycles. The molecule has 0 saturated carbocycles. The molecule has 0 spiro atoms. The highest BCUT2D eigenvalue weighted by Crippen LogP contribution is 2.48. The predicted molar refractivity (Wildman–Crippen MR) is 119 cm³/mol. The van der Waals surface area contributed by atoms with Crippen LogP contribution >= 0.6 is 0 Å². The van der Waals surface area contributed by atoms with E-state index < -0.39 is 12.0 Å². The Hall–Kier alpha value is -3.41. The maximum absolute atomic E-state index is 13.4. The van der Waals surface area contributed by atoms with E-state index in [1.807, 2.05) is 36.4 Å². The lowest BCUT2D eigenvalue weighted by atomic mass is 9.73. The fourth-order valence-electron chi connectivity index (χ4n) is 4.53. The number of ether oxygens (including phenoxy) is 1. The number of Topliss-reactive ketones (excluding diaryl/α,β-unsaturated/α-hetero) is 1. The number of para-hydroxylation sites is 2. The highest BCUT2D eigenvalue weighted by atomic mass is 16.5. The highest BCUT2D eigenvalue weighted by Gasteiger charge is 2.42. The van der Waals surface area contributed by atoms with E-state index in [4.69, 9.17) is 4.74 Å². The Kier molecular flexibility index (Phi) is 5.17. The van der Waals surface area contributed by atoms with Gasteiger partial charge in [0, 0.05) is 31.5 Å². The quantitative estimate of drug-likeness (QED) is 0.561. The number of carbonyl (C=O) groups is 3. The number of hydrogen-bond acceptors (Lipinski definition) is 5. The molecule has 6 nitrogen and oxygen atoms in total. The summed E-state index contributed by atoms with van der Waals surface area (Å²) >= 11 is 0. The number of benzene rings is 2. The largest absolute Gasteiger partial charge is 0.427 e. The third-order valence-electron chi connectivity index (χ3n) is 5.70. The van der Waals surface area contributed by atoms with Crippen LogP contribution in [0.4, 0.5) is 11.4 Å². The van der Waals surface area contributed by atoms with E-state index in [-0.39, 0.29) is 17.1 Å². The first-order valence-corrected chi connectivity index (χ1v) is 10.4. The normalized spacial score (nSPS) is 19.7. The van der Waals surface area contributed by atoms with Crippen molar-refractivity contribution < 1.29 is 19.1 Å². The van der Waals surface area contributed by atoms with Gasteiger partial charge in [0.25, 0.3) is 0 Å². The van der Waals surface area contributed by atoms with Gasteiger partial charge in [-0.1, -0.05) is 38.1 Å². The molecule has 0 unspecified atom stereocenters. The predicted octanol–water partition coefficient (Wildman–Crippen LogP) is 4.77. The molecule has 0 bridgehead atoms. The first-order valence-electron chi connectivity index (χ1n) is 10.4. The number of rotatable bonds is 2. The Morgan fingerprint density at radius 1 is 1.03 bits per heavy atom. The van der Waals surface area contributed by atoms with Gasteiger partial charge in [-0.05, 0) is 41.7 Å². The van der Waals surface area contributed by atoms with E-state index in [1.54, 1.807) is 17.0 Å². The summed E-state index contributed by atoms with van der Waals surface area (Å²) in [6.45, 7) is 7.02. The second kappa shape index (κ2) is 7.69. The number of hydrogen-bond donors (Lipinski definition) is 1. The summed E-state index contributed by atoms with van der Waals surface area (Å²) in [7, 11) is 0. The summed E-state index contributed by atoms with van der Waals surface area (Å²) in [5.74, 6) is -0.106. The van der Waals surface area contributed by atoms with Gasteiger partial charge in [-0.25, -0.2) is 0 Å². The average Bonchev–Trinajstić information content (AvgIpc) is 2.81. The Bertz CT molecular complexity index is 1100. The van der Waals surface area contributed by atoms with Crippen LogP contribution < -0.4 is 15.0 Å². The van der Waals surface area contributed by atoms with Crippen LogP contribution in [0.25, 0.3) is 0 Å². The van der Waals surface area contributed by atoms with Crippen molar-refractivity contribution in [3.05, 3.63) is 65.4 Å². The number of carbonyl (C=O) groups excluding carboxylic acids is 3. The summed E-state index contributed by atoms with van der Waals surface area (Å²) in [5.41, 5.74) is 3.61. The van der Waals surface area contributed by atoms with Crippen molar-refractivity contribution in [2.75, 3.05) is 10.2 Å². The maximum atomic E-state index is 13.4. The van der Waals surface area contributed by atoms with Crippen LogP contribution in [0.5, 0.6) is 5.75 Å². The molecule has 0 fully saturated rings. The fraction of sp³-hybridized carbons (Fsp3) is 0.320. The van der Waals surface area contributed by atoms with Crippen LogP contribution in [-0.4, -0.2) is 17.7 Å². The van der Waals surface area contributed by atoms with Gasteiger partial charge in [0.05, 0.1) is 17.4 Å². The number of esters is 1. The minimum absolute atomic E-state index is 0.0341. The number of amides is 1. The van der Waals surface area contributed by atoms with E-state index in [9.17, 15) is 14.4 Å². The van der Waals surface area contributed by atoms with Gasteiger partial charge in [0.2, 0.25) is 5.91 Å². The second-order valence-electron chi connectivity index (χ2n) is 8.93. The van der Waals surface area contributed by atoms with Crippen LogP contribution in [0.1, 0.15) is 52.1 Å². The number of nitrogens with zero attached hydrogens (tertiary/aromatic N) is 1. The molecule has 1 amide bonds. The van der Waals surface area contributed by atoms with E-state index in [0.29, 0.717) is 24.2 Å². The number of fused-ring (bicyclic) bond motifs is 1. The van der Waals surface area contributed by atoms with Crippen molar-refractivity contribution in [2.45, 2.75) is 46.6 Å². The Labute approximate surface area is 181 Å². The molecule has 1 aliphatic heterocycles. The van der Waals surface area contributed by atoms with E-state index in [2.05, 4.69) is 19.2 Å². The molecule has 0 radical (unpaired) electrons. The Morgan fingerprint density at radius 3 is 2.35 bits per heavy atom. The molecule has 2 aromatic carbocycles. The Morgan fingerprint density at radius 2 is 1.71 bits per heavy atom. The third kappa shape index (κ3) is 3.98. The summed E-state index contributed by atoms with van der Waals surface area (Å²) < 4.78 is 5.16. The van der Waals surface area contributed by atoms with Gasteiger partial charge in [0.1, 0.15) is 5.75 Å². The van der Waals surface area contributed by atoms with Crippen molar-refractivity contribution in [3.63, 3.8) is 0 Å². The SMILES string of the molecule is CC(=O)Oc1ccc([C@H]2C3=C(CC(C)(C)CC3=O)Nc3ccccc3N2C(C)=O)cc1. The van der Waals surface area contributed by atoms with Crippen LogP contribution in [0.2, 0.25) is 0 Å². The topological polar surface area (TPSA) is 75.7 Å². The van der Waals surface area contributed by atoms with Crippen molar-refractivity contribution in [3.8, 4) is 5.75 Å². The van der Waals surface area contributed by atoms with Crippen LogP contribution in [0, 0.1) is 5.41 Å². The van der Waals surface area contributed by atoms with Gasteiger partial charge < -0.3 is 10.1 Å². The van der Waals surface area contributed by atoms with Gasteiger partial charge in [-0.3, -0.25) is 19.3 Å². The first kappa shape index (κ1) is 20.8. The number of nitrogens with one attached hydrogen (secondary N) is 1. The molecule has 0 saturated heterocycles. The molecule has 1 N–H and O–H groups in total. The van der Waals surface area contributed by atoms with Crippen molar-refractivity contribution in [2.24, 2.45) is 5.41 Å². The zero-order valence-electron chi connectivity index (χ0n) is 18.2. The number of allylic oxidation sites excluding steroid dienone is 1. The average molecular weight is 418 g/mol.